The Bertz CT molecular complexity index is 240. The summed E-state index contributed by atoms with van der Waals surface area (Å²) in [4.78, 5) is 13.8. The van der Waals surface area contributed by atoms with E-state index in [0.29, 0.717) is 19.7 Å². The fraction of sp³-hybridized carbons (Fsp3) is 0.923. The highest BCUT2D eigenvalue weighted by Gasteiger charge is 2.18. The maximum atomic E-state index is 11.5. The zero-order chi connectivity index (χ0) is 13.2. The van der Waals surface area contributed by atoms with E-state index in [1.165, 1.54) is 25.7 Å². The van der Waals surface area contributed by atoms with E-state index in [1.54, 1.807) is 7.11 Å². The van der Waals surface area contributed by atoms with E-state index in [1.807, 2.05) is 0 Å². The molecule has 0 saturated heterocycles. The number of hydrogen-bond acceptors (Lipinski definition) is 4. The third kappa shape index (κ3) is 9.77. The lowest BCUT2D eigenvalue weighted by atomic mass is 10.2. The van der Waals surface area contributed by atoms with Gasteiger partial charge in [-0.15, -0.1) is 24.8 Å². The Morgan fingerprint density at radius 2 is 1.90 bits per heavy atom. The van der Waals surface area contributed by atoms with E-state index in [4.69, 9.17) is 4.74 Å². The van der Waals surface area contributed by atoms with Crippen molar-refractivity contribution in [2.24, 2.45) is 0 Å². The van der Waals surface area contributed by atoms with Gasteiger partial charge in [-0.1, -0.05) is 12.8 Å². The molecule has 7 heteroatoms. The molecule has 0 aromatic carbocycles. The lowest BCUT2D eigenvalue weighted by molar-refractivity contribution is -0.120. The second kappa shape index (κ2) is 13.9. The first-order chi connectivity index (χ1) is 8.74. The van der Waals surface area contributed by atoms with Crippen LogP contribution in [-0.2, 0) is 9.53 Å². The SMILES string of the molecule is COCCNCC(=O)NCCN(C)C1CCCC1.Cl.Cl. The summed E-state index contributed by atoms with van der Waals surface area (Å²) in [5.74, 6) is 0.0610. The largest absolute Gasteiger partial charge is 0.383 e. The molecule has 0 unspecified atom stereocenters. The van der Waals surface area contributed by atoms with Crippen molar-refractivity contribution >= 4 is 30.7 Å². The molecule has 1 rings (SSSR count). The van der Waals surface area contributed by atoms with Crippen LogP contribution in [-0.4, -0.2) is 63.8 Å². The molecule has 1 saturated carbocycles. The maximum Gasteiger partial charge on any atom is 0.234 e. The smallest absolute Gasteiger partial charge is 0.234 e. The average Bonchev–Trinajstić information content (AvgIpc) is 2.88. The van der Waals surface area contributed by atoms with Gasteiger partial charge in [0.2, 0.25) is 5.91 Å². The number of carbonyl (C=O) groups excluding carboxylic acids is 1. The Labute approximate surface area is 135 Å². The summed E-state index contributed by atoms with van der Waals surface area (Å²) in [6.45, 7) is 3.40. The van der Waals surface area contributed by atoms with E-state index in [0.717, 1.165) is 19.1 Å². The zero-order valence-corrected chi connectivity index (χ0v) is 14.2. The number of amides is 1. The number of methoxy groups -OCH3 is 1. The third-order valence-corrected chi connectivity index (χ3v) is 3.50. The highest BCUT2D eigenvalue weighted by atomic mass is 35.5. The van der Waals surface area contributed by atoms with Gasteiger partial charge >= 0.3 is 0 Å². The fourth-order valence-electron chi connectivity index (χ4n) is 2.34. The quantitative estimate of drug-likeness (QED) is 0.621. The Morgan fingerprint density at radius 3 is 2.50 bits per heavy atom. The summed E-state index contributed by atoms with van der Waals surface area (Å²) in [6.07, 6.45) is 5.32. The van der Waals surface area contributed by atoms with Crippen molar-refractivity contribution in [2.45, 2.75) is 31.7 Å². The molecular weight excluding hydrogens is 301 g/mol. The van der Waals surface area contributed by atoms with Crippen molar-refractivity contribution < 1.29 is 9.53 Å². The highest BCUT2D eigenvalue weighted by Crippen LogP contribution is 2.21. The molecule has 0 spiro atoms. The predicted molar refractivity (Wildman–Crippen MR) is 87.1 cm³/mol. The molecule has 0 heterocycles. The van der Waals surface area contributed by atoms with Crippen LogP contribution in [0, 0.1) is 0 Å². The number of nitrogens with one attached hydrogen (secondary N) is 2. The summed E-state index contributed by atoms with van der Waals surface area (Å²) in [5.41, 5.74) is 0. The number of likely N-dealkylation sites (N-methyl/N-ethyl adjacent to an activating group) is 1. The first-order valence-corrected chi connectivity index (χ1v) is 6.90. The van der Waals surface area contributed by atoms with Crippen molar-refractivity contribution in [1.29, 1.82) is 0 Å². The fourth-order valence-corrected chi connectivity index (χ4v) is 2.34. The third-order valence-electron chi connectivity index (χ3n) is 3.50. The Hall–Kier alpha value is -0.0700. The van der Waals surface area contributed by atoms with Crippen LogP contribution in [0.5, 0.6) is 0 Å². The molecule has 0 radical (unpaired) electrons. The van der Waals surface area contributed by atoms with Crippen molar-refractivity contribution in [3.05, 3.63) is 0 Å². The number of carbonyl (C=O) groups is 1. The molecule has 0 aliphatic heterocycles. The van der Waals surface area contributed by atoms with Gasteiger partial charge in [0.15, 0.2) is 0 Å². The first-order valence-electron chi connectivity index (χ1n) is 6.90. The van der Waals surface area contributed by atoms with Crippen molar-refractivity contribution in [2.75, 3.05) is 46.9 Å². The van der Waals surface area contributed by atoms with Crippen LogP contribution in [0.1, 0.15) is 25.7 Å². The zero-order valence-electron chi connectivity index (χ0n) is 12.5. The first kappa shape index (κ1) is 22.2. The minimum atomic E-state index is 0. The van der Waals surface area contributed by atoms with E-state index >= 15 is 0 Å². The molecule has 5 nitrogen and oxygen atoms in total. The molecule has 1 aliphatic carbocycles. The molecule has 122 valence electrons. The van der Waals surface area contributed by atoms with Crippen LogP contribution < -0.4 is 10.6 Å². The van der Waals surface area contributed by atoms with Gasteiger partial charge in [0.25, 0.3) is 0 Å². The monoisotopic (exact) mass is 329 g/mol. The molecule has 2 N–H and O–H groups in total. The van der Waals surface area contributed by atoms with Gasteiger partial charge in [0, 0.05) is 32.8 Å². The number of hydrogen-bond donors (Lipinski definition) is 2. The number of nitrogens with zero attached hydrogens (tertiary/aromatic N) is 1. The normalized spacial score (nSPS) is 14.8. The number of rotatable bonds is 9. The van der Waals surface area contributed by atoms with Crippen LogP contribution >= 0.6 is 24.8 Å². The molecule has 1 amide bonds. The van der Waals surface area contributed by atoms with E-state index in [9.17, 15) is 4.79 Å². The maximum absolute atomic E-state index is 11.5. The van der Waals surface area contributed by atoms with E-state index < -0.39 is 0 Å². The van der Waals surface area contributed by atoms with E-state index in [2.05, 4.69) is 22.6 Å². The second-order valence-electron chi connectivity index (χ2n) is 4.94. The molecule has 1 fully saturated rings. The van der Waals surface area contributed by atoms with Gasteiger partial charge in [-0.05, 0) is 19.9 Å². The van der Waals surface area contributed by atoms with Crippen LogP contribution in [0.4, 0.5) is 0 Å². The second-order valence-corrected chi connectivity index (χ2v) is 4.94. The molecule has 0 aromatic heterocycles. The topological polar surface area (TPSA) is 53.6 Å². The van der Waals surface area contributed by atoms with E-state index in [-0.39, 0.29) is 30.7 Å². The van der Waals surface area contributed by atoms with Crippen LogP contribution in [0.2, 0.25) is 0 Å². The minimum absolute atomic E-state index is 0. The predicted octanol–water partition coefficient (Wildman–Crippen LogP) is 1.06. The summed E-state index contributed by atoms with van der Waals surface area (Å²) in [7, 11) is 3.81. The Morgan fingerprint density at radius 1 is 1.25 bits per heavy atom. The van der Waals surface area contributed by atoms with Gasteiger partial charge in [0.1, 0.15) is 0 Å². The van der Waals surface area contributed by atoms with Crippen LogP contribution in [0.25, 0.3) is 0 Å². The average molecular weight is 330 g/mol. The Balaban J connectivity index is 0. The van der Waals surface area contributed by atoms with Gasteiger partial charge in [-0.2, -0.15) is 0 Å². The molecule has 1 aliphatic rings. The lowest BCUT2D eigenvalue weighted by Crippen LogP contribution is -2.40. The van der Waals surface area contributed by atoms with Gasteiger partial charge in [-0.25, -0.2) is 0 Å². The Kier molecular flexibility index (Phi) is 15.4. The standard InChI is InChI=1S/C13H27N3O2.2ClH/c1-16(12-5-3-4-6-12)9-7-15-13(17)11-14-8-10-18-2;;/h12,14H,3-11H2,1-2H3,(H,15,17);2*1H. The summed E-state index contributed by atoms with van der Waals surface area (Å²) in [5, 5.41) is 5.96. The lowest BCUT2D eigenvalue weighted by Gasteiger charge is -2.23. The molecule has 20 heavy (non-hydrogen) atoms. The van der Waals surface area contributed by atoms with Gasteiger partial charge in [0.05, 0.1) is 13.2 Å². The minimum Gasteiger partial charge on any atom is -0.383 e. The van der Waals surface area contributed by atoms with Gasteiger partial charge < -0.3 is 20.3 Å². The summed E-state index contributed by atoms with van der Waals surface area (Å²) >= 11 is 0. The molecule has 0 aromatic rings. The number of halogens is 2. The summed E-state index contributed by atoms with van der Waals surface area (Å²) < 4.78 is 4.89. The molecule has 0 bridgehead atoms. The van der Waals surface area contributed by atoms with Crippen molar-refractivity contribution in [1.82, 2.24) is 15.5 Å². The van der Waals surface area contributed by atoms with Crippen LogP contribution in [0.3, 0.4) is 0 Å². The number of ether oxygens (including phenoxy) is 1. The van der Waals surface area contributed by atoms with Gasteiger partial charge in [-0.3, -0.25) is 4.79 Å². The van der Waals surface area contributed by atoms with Crippen molar-refractivity contribution in [3.8, 4) is 0 Å². The summed E-state index contributed by atoms with van der Waals surface area (Å²) in [6, 6.07) is 0.724. The molecular formula is C13H29Cl2N3O2. The van der Waals surface area contributed by atoms with Crippen LogP contribution in [0.15, 0.2) is 0 Å². The highest BCUT2D eigenvalue weighted by molar-refractivity contribution is 5.85. The van der Waals surface area contributed by atoms with Crippen molar-refractivity contribution in [3.63, 3.8) is 0 Å². The molecule has 0 atom stereocenters.